The molecule has 0 aliphatic rings. The number of anilines is 1. The van der Waals surface area contributed by atoms with Crippen molar-refractivity contribution in [2.45, 2.75) is 26.4 Å². The van der Waals surface area contributed by atoms with Crippen LogP contribution in [0.1, 0.15) is 18.2 Å². The summed E-state index contributed by atoms with van der Waals surface area (Å²) >= 11 is 7.01. The molecule has 0 saturated carbocycles. The van der Waals surface area contributed by atoms with Gasteiger partial charge in [0.15, 0.2) is 0 Å². The Kier molecular flexibility index (Phi) is 5.47. The molecular formula is C15H16Br2N2O2. The first-order chi connectivity index (χ1) is 9.97. The number of amides is 1. The Morgan fingerprint density at radius 3 is 2.57 bits per heavy atom. The van der Waals surface area contributed by atoms with Crippen molar-refractivity contribution in [1.82, 2.24) is 5.32 Å². The van der Waals surface area contributed by atoms with Gasteiger partial charge in [-0.2, -0.15) is 0 Å². The molecule has 21 heavy (non-hydrogen) atoms. The lowest BCUT2D eigenvalue weighted by Crippen LogP contribution is -2.37. The molecule has 1 aromatic carbocycles. The van der Waals surface area contributed by atoms with Gasteiger partial charge in [0.25, 0.3) is 0 Å². The van der Waals surface area contributed by atoms with E-state index in [0.717, 1.165) is 26.0 Å². The fourth-order valence-electron chi connectivity index (χ4n) is 1.86. The third kappa shape index (κ3) is 4.35. The summed E-state index contributed by atoms with van der Waals surface area (Å²) < 4.78 is 7.02. The van der Waals surface area contributed by atoms with Crippen LogP contribution in [0.15, 0.2) is 43.9 Å². The van der Waals surface area contributed by atoms with Gasteiger partial charge in [-0.25, -0.2) is 0 Å². The van der Waals surface area contributed by atoms with Crippen molar-refractivity contribution in [2.75, 3.05) is 5.32 Å². The highest BCUT2D eigenvalue weighted by atomic mass is 79.9. The quantitative estimate of drug-likeness (QED) is 0.768. The predicted molar refractivity (Wildman–Crippen MR) is 90.2 cm³/mol. The van der Waals surface area contributed by atoms with Crippen LogP contribution in [0.2, 0.25) is 0 Å². The third-order valence-electron chi connectivity index (χ3n) is 2.96. The van der Waals surface area contributed by atoms with Crippen molar-refractivity contribution in [3.8, 4) is 0 Å². The average molecular weight is 416 g/mol. The Labute approximate surface area is 140 Å². The molecule has 0 aliphatic heterocycles. The van der Waals surface area contributed by atoms with Gasteiger partial charge in [0.05, 0.1) is 18.5 Å². The molecule has 2 N–H and O–H groups in total. The molecule has 0 spiro atoms. The molecular weight excluding hydrogens is 400 g/mol. The summed E-state index contributed by atoms with van der Waals surface area (Å²) in [5.74, 6) is 0.638. The second kappa shape index (κ2) is 7.13. The van der Waals surface area contributed by atoms with Crippen LogP contribution in [0, 0.1) is 6.92 Å². The maximum atomic E-state index is 12.1. The van der Waals surface area contributed by atoms with Crippen LogP contribution in [0.3, 0.4) is 0 Å². The van der Waals surface area contributed by atoms with E-state index >= 15 is 0 Å². The normalized spacial score (nSPS) is 12.0. The minimum atomic E-state index is -0.365. The molecule has 0 radical (unpaired) electrons. The SMILES string of the molecule is Cc1cc(Br)c(NC(C)C(=O)NCc2ccco2)c(Br)c1. The van der Waals surface area contributed by atoms with Crippen LogP contribution in [-0.4, -0.2) is 11.9 Å². The summed E-state index contributed by atoms with van der Waals surface area (Å²) in [6.07, 6.45) is 1.59. The third-order valence-corrected chi connectivity index (χ3v) is 4.21. The van der Waals surface area contributed by atoms with Gasteiger partial charge < -0.3 is 15.1 Å². The molecule has 0 bridgehead atoms. The molecule has 4 nitrogen and oxygen atoms in total. The smallest absolute Gasteiger partial charge is 0.242 e. The van der Waals surface area contributed by atoms with Gasteiger partial charge in [0, 0.05) is 8.95 Å². The Balaban J connectivity index is 1.97. The lowest BCUT2D eigenvalue weighted by atomic mass is 10.2. The van der Waals surface area contributed by atoms with E-state index in [2.05, 4.69) is 42.5 Å². The molecule has 0 saturated heterocycles. The van der Waals surface area contributed by atoms with Gasteiger partial charge in [0.2, 0.25) is 5.91 Å². The number of rotatable bonds is 5. The first kappa shape index (κ1) is 16.1. The van der Waals surface area contributed by atoms with E-state index in [9.17, 15) is 4.79 Å². The Morgan fingerprint density at radius 1 is 1.33 bits per heavy atom. The van der Waals surface area contributed by atoms with Crippen molar-refractivity contribution in [3.63, 3.8) is 0 Å². The van der Waals surface area contributed by atoms with Gasteiger partial charge in [-0.05, 0) is 75.5 Å². The number of carbonyl (C=O) groups excluding carboxylic acids is 1. The van der Waals surface area contributed by atoms with Gasteiger partial charge in [-0.1, -0.05) is 0 Å². The van der Waals surface area contributed by atoms with Gasteiger partial charge in [-0.15, -0.1) is 0 Å². The first-order valence-electron chi connectivity index (χ1n) is 6.49. The van der Waals surface area contributed by atoms with Crippen molar-refractivity contribution in [1.29, 1.82) is 0 Å². The Morgan fingerprint density at radius 2 is 2.00 bits per heavy atom. The molecule has 1 unspecified atom stereocenters. The fourth-order valence-corrected chi connectivity index (χ4v) is 3.50. The van der Waals surface area contributed by atoms with Crippen molar-refractivity contribution in [3.05, 3.63) is 50.8 Å². The minimum absolute atomic E-state index is 0.0919. The summed E-state index contributed by atoms with van der Waals surface area (Å²) in [5.41, 5.74) is 2.00. The number of furan rings is 1. The largest absolute Gasteiger partial charge is 0.467 e. The summed E-state index contributed by atoms with van der Waals surface area (Å²) in [6.45, 7) is 4.21. The van der Waals surface area contributed by atoms with E-state index in [1.54, 1.807) is 12.3 Å². The maximum Gasteiger partial charge on any atom is 0.242 e. The molecule has 0 fully saturated rings. The number of hydrogen-bond acceptors (Lipinski definition) is 3. The average Bonchev–Trinajstić information content (AvgIpc) is 2.93. The maximum absolute atomic E-state index is 12.1. The van der Waals surface area contributed by atoms with Crippen LogP contribution >= 0.6 is 31.9 Å². The number of carbonyl (C=O) groups is 1. The molecule has 2 rings (SSSR count). The zero-order valence-corrected chi connectivity index (χ0v) is 14.9. The van der Waals surface area contributed by atoms with E-state index in [-0.39, 0.29) is 11.9 Å². The number of hydrogen-bond donors (Lipinski definition) is 2. The summed E-state index contributed by atoms with van der Waals surface area (Å²) in [7, 11) is 0. The molecule has 1 heterocycles. The summed E-state index contributed by atoms with van der Waals surface area (Å²) in [6, 6.07) is 7.26. The lowest BCUT2D eigenvalue weighted by Gasteiger charge is -2.17. The second-order valence-electron chi connectivity index (χ2n) is 4.77. The van der Waals surface area contributed by atoms with E-state index < -0.39 is 0 Å². The van der Waals surface area contributed by atoms with Crippen LogP contribution in [0.4, 0.5) is 5.69 Å². The molecule has 1 atom stereocenters. The van der Waals surface area contributed by atoms with E-state index in [1.807, 2.05) is 32.0 Å². The van der Waals surface area contributed by atoms with Gasteiger partial charge >= 0.3 is 0 Å². The molecule has 2 aromatic rings. The highest BCUT2D eigenvalue weighted by Gasteiger charge is 2.16. The van der Waals surface area contributed by atoms with Crippen molar-refractivity contribution >= 4 is 43.5 Å². The number of halogens is 2. The Bertz CT molecular complexity index is 604. The highest BCUT2D eigenvalue weighted by Crippen LogP contribution is 2.32. The van der Waals surface area contributed by atoms with Crippen LogP contribution in [-0.2, 0) is 11.3 Å². The standard InChI is InChI=1S/C15H16Br2N2O2/c1-9-6-12(16)14(13(17)7-9)19-10(2)15(20)18-8-11-4-3-5-21-11/h3-7,10,19H,8H2,1-2H3,(H,18,20). The second-order valence-corrected chi connectivity index (χ2v) is 6.48. The summed E-state index contributed by atoms with van der Waals surface area (Å²) in [4.78, 5) is 12.1. The van der Waals surface area contributed by atoms with Crippen molar-refractivity contribution in [2.24, 2.45) is 0 Å². The number of nitrogens with one attached hydrogen (secondary N) is 2. The Hall–Kier alpha value is -1.27. The molecule has 1 amide bonds. The van der Waals surface area contributed by atoms with E-state index in [1.165, 1.54) is 0 Å². The van der Waals surface area contributed by atoms with E-state index in [0.29, 0.717) is 6.54 Å². The van der Waals surface area contributed by atoms with E-state index in [4.69, 9.17) is 4.42 Å². The molecule has 6 heteroatoms. The minimum Gasteiger partial charge on any atom is -0.467 e. The van der Waals surface area contributed by atoms with Gasteiger partial charge in [0.1, 0.15) is 11.8 Å². The zero-order chi connectivity index (χ0) is 15.4. The van der Waals surface area contributed by atoms with Crippen LogP contribution < -0.4 is 10.6 Å². The molecule has 112 valence electrons. The van der Waals surface area contributed by atoms with Crippen molar-refractivity contribution < 1.29 is 9.21 Å². The molecule has 0 aliphatic carbocycles. The monoisotopic (exact) mass is 414 g/mol. The van der Waals surface area contributed by atoms with Gasteiger partial charge in [-0.3, -0.25) is 4.79 Å². The molecule has 1 aromatic heterocycles. The fraction of sp³-hybridized carbons (Fsp3) is 0.267. The first-order valence-corrected chi connectivity index (χ1v) is 8.08. The lowest BCUT2D eigenvalue weighted by molar-refractivity contribution is -0.121. The highest BCUT2D eigenvalue weighted by molar-refractivity contribution is 9.11. The summed E-state index contributed by atoms with van der Waals surface area (Å²) in [5, 5.41) is 6.03. The zero-order valence-electron chi connectivity index (χ0n) is 11.7. The van der Waals surface area contributed by atoms with Crippen LogP contribution in [0.5, 0.6) is 0 Å². The topological polar surface area (TPSA) is 54.3 Å². The number of aryl methyl sites for hydroxylation is 1. The predicted octanol–water partition coefficient (Wildman–Crippen LogP) is 4.23. The van der Waals surface area contributed by atoms with Crippen LogP contribution in [0.25, 0.3) is 0 Å². The number of benzene rings is 1.